The van der Waals surface area contributed by atoms with E-state index in [9.17, 15) is 4.79 Å². The average Bonchev–Trinajstić information content (AvgIpc) is 3.28. The monoisotopic (exact) mass is 453 g/mol. The number of nitrogens with one attached hydrogen (secondary N) is 2. The molecule has 176 valence electrons. The number of methoxy groups -OCH3 is 2. The molecular formula is C24H31N5O4. The maximum Gasteiger partial charge on any atom is 0.254 e. The molecule has 0 radical (unpaired) electrons. The molecule has 2 N–H and O–H groups in total. The Hall–Kier alpha value is -3.33. The number of hydrogen-bond acceptors (Lipinski definition) is 7. The quantitative estimate of drug-likeness (QED) is 0.514. The van der Waals surface area contributed by atoms with Crippen LogP contribution in [0.25, 0.3) is 11.0 Å². The summed E-state index contributed by atoms with van der Waals surface area (Å²) in [6.07, 6.45) is 5.86. The van der Waals surface area contributed by atoms with E-state index in [0.29, 0.717) is 38.3 Å². The van der Waals surface area contributed by atoms with E-state index in [4.69, 9.17) is 14.2 Å². The predicted molar refractivity (Wildman–Crippen MR) is 126 cm³/mol. The Morgan fingerprint density at radius 3 is 2.55 bits per heavy atom. The highest BCUT2D eigenvalue weighted by atomic mass is 16.5. The molecule has 33 heavy (non-hydrogen) atoms. The lowest BCUT2D eigenvalue weighted by Gasteiger charge is -2.25. The molecule has 9 nitrogen and oxygen atoms in total. The second-order valence-electron chi connectivity index (χ2n) is 8.00. The fraction of sp³-hybridized carbons (Fsp3) is 0.458. The summed E-state index contributed by atoms with van der Waals surface area (Å²) < 4.78 is 18.0. The first kappa shape index (κ1) is 22.8. The Labute approximate surface area is 193 Å². The van der Waals surface area contributed by atoms with Gasteiger partial charge >= 0.3 is 0 Å². The molecule has 0 spiro atoms. The summed E-state index contributed by atoms with van der Waals surface area (Å²) in [6, 6.07) is 5.96. The molecule has 0 atom stereocenters. The number of nitrogens with zero attached hydrogens (tertiary/aromatic N) is 3. The van der Waals surface area contributed by atoms with Gasteiger partial charge < -0.3 is 24.8 Å². The fourth-order valence-corrected chi connectivity index (χ4v) is 4.06. The van der Waals surface area contributed by atoms with Crippen molar-refractivity contribution in [1.82, 2.24) is 20.1 Å². The number of ether oxygens (including phenoxy) is 3. The van der Waals surface area contributed by atoms with E-state index in [1.807, 2.05) is 29.8 Å². The van der Waals surface area contributed by atoms with Crippen LogP contribution in [0.2, 0.25) is 0 Å². The Morgan fingerprint density at radius 1 is 1.15 bits per heavy atom. The van der Waals surface area contributed by atoms with Crippen LogP contribution in [-0.4, -0.2) is 60.7 Å². The summed E-state index contributed by atoms with van der Waals surface area (Å²) >= 11 is 0. The molecule has 3 aromatic rings. The van der Waals surface area contributed by atoms with Crippen LogP contribution in [0.15, 0.2) is 30.6 Å². The van der Waals surface area contributed by atoms with Gasteiger partial charge in [-0.25, -0.2) is 9.67 Å². The first-order chi connectivity index (χ1) is 16.1. The van der Waals surface area contributed by atoms with Gasteiger partial charge in [-0.3, -0.25) is 4.79 Å². The van der Waals surface area contributed by atoms with Gasteiger partial charge in [-0.05, 0) is 43.9 Å². The molecule has 0 bridgehead atoms. The summed E-state index contributed by atoms with van der Waals surface area (Å²) in [5, 5.41) is 11.9. The minimum absolute atomic E-state index is 0.168. The lowest BCUT2D eigenvalue weighted by atomic mass is 10.1. The number of amides is 1. The fourth-order valence-electron chi connectivity index (χ4n) is 4.06. The first-order valence-corrected chi connectivity index (χ1v) is 11.3. The Morgan fingerprint density at radius 2 is 1.88 bits per heavy atom. The largest absolute Gasteiger partial charge is 0.497 e. The molecule has 1 amide bonds. The van der Waals surface area contributed by atoms with Crippen LogP contribution in [0.1, 0.15) is 35.7 Å². The van der Waals surface area contributed by atoms with Crippen molar-refractivity contribution in [2.24, 2.45) is 0 Å². The smallest absolute Gasteiger partial charge is 0.254 e. The van der Waals surface area contributed by atoms with Gasteiger partial charge in [0.25, 0.3) is 5.91 Å². The molecule has 1 aromatic carbocycles. The zero-order chi connectivity index (χ0) is 23.2. The molecule has 4 rings (SSSR count). The van der Waals surface area contributed by atoms with E-state index in [2.05, 4.69) is 20.7 Å². The molecule has 1 saturated heterocycles. The predicted octanol–water partition coefficient (Wildman–Crippen LogP) is 3.03. The highest BCUT2D eigenvalue weighted by molar-refractivity contribution is 6.06. The van der Waals surface area contributed by atoms with Crippen LogP contribution in [0.5, 0.6) is 11.5 Å². The zero-order valence-corrected chi connectivity index (χ0v) is 19.4. The molecule has 0 saturated carbocycles. The summed E-state index contributed by atoms with van der Waals surface area (Å²) in [5.41, 5.74) is 3.09. The second kappa shape index (κ2) is 10.5. The third-order valence-electron chi connectivity index (χ3n) is 5.89. The second-order valence-corrected chi connectivity index (χ2v) is 8.00. The van der Waals surface area contributed by atoms with Crippen LogP contribution in [0, 0.1) is 0 Å². The van der Waals surface area contributed by atoms with Gasteiger partial charge in [0.1, 0.15) is 11.5 Å². The lowest BCUT2D eigenvalue weighted by molar-refractivity contribution is 0.0904. The van der Waals surface area contributed by atoms with Crippen molar-refractivity contribution < 1.29 is 19.0 Å². The number of rotatable bonds is 9. The van der Waals surface area contributed by atoms with Crippen LogP contribution < -0.4 is 20.1 Å². The molecular weight excluding hydrogens is 422 g/mol. The highest BCUT2D eigenvalue weighted by Crippen LogP contribution is 2.28. The number of carbonyl (C=O) groups is 1. The third-order valence-corrected chi connectivity index (χ3v) is 5.89. The zero-order valence-electron chi connectivity index (χ0n) is 19.4. The Bertz CT molecular complexity index is 1090. The van der Waals surface area contributed by atoms with Gasteiger partial charge in [0.05, 0.1) is 37.1 Å². The third kappa shape index (κ3) is 5.19. The number of fused-ring (bicyclic) bond motifs is 1. The number of aromatic nitrogens is 3. The molecule has 0 unspecified atom stereocenters. The maximum absolute atomic E-state index is 13.2. The normalized spacial score (nSPS) is 14.3. The van der Waals surface area contributed by atoms with Gasteiger partial charge in [0, 0.05) is 44.6 Å². The van der Waals surface area contributed by atoms with Gasteiger partial charge in [-0.1, -0.05) is 0 Å². The highest BCUT2D eigenvalue weighted by Gasteiger charge is 2.22. The number of carbonyl (C=O) groups excluding carboxylic acids is 1. The van der Waals surface area contributed by atoms with Crippen molar-refractivity contribution in [3.8, 4) is 11.5 Å². The minimum atomic E-state index is -0.168. The van der Waals surface area contributed by atoms with Gasteiger partial charge in [0.15, 0.2) is 5.65 Å². The summed E-state index contributed by atoms with van der Waals surface area (Å²) in [4.78, 5) is 17.7. The van der Waals surface area contributed by atoms with Crippen molar-refractivity contribution in [3.05, 3.63) is 41.7 Å². The number of benzene rings is 1. The van der Waals surface area contributed by atoms with Crippen molar-refractivity contribution in [3.63, 3.8) is 0 Å². The van der Waals surface area contributed by atoms with E-state index >= 15 is 0 Å². The summed E-state index contributed by atoms with van der Waals surface area (Å²) in [5.74, 6) is 1.28. The number of hydrogen-bond donors (Lipinski definition) is 2. The van der Waals surface area contributed by atoms with Crippen LogP contribution in [-0.2, 0) is 17.7 Å². The number of pyridine rings is 1. The maximum atomic E-state index is 13.2. The number of anilines is 1. The van der Waals surface area contributed by atoms with Crippen LogP contribution in [0.4, 0.5) is 5.69 Å². The van der Waals surface area contributed by atoms with Crippen molar-refractivity contribution in [1.29, 1.82) is 0 Å². The van der Waals surface area contributed by atoms with Crippen LogP contribution in [0.3, 0.4) is 0 Å². The molecule has 0 aliphatic carbocycles. The summed E-state index contributed by atoms with van der Waals surface area (Å²) in [6.45, 7) is 4.63. The first-order valence-electron chi connectivity index (χ1n) is 11.3. The standard InChI is InChI=1S/C24H31N5O4/c1-4-29-23-20(15-27-29)22(28-17-6-9-33-10-7-17)21(14-26-23)24(30)25-8-5-16-11-18(31-2)13-19(12-16)32-3/h11-15,17H,4-10H2,1-3H3,(H,25,30)(H,26,28). The number of aryl methyl sites for hydroxylation is 1. The topological polar surface area (TPSA) is 99.5 Å². The Balaban J connectivity index is 1.52. The van der Waals surface area contributed by atoms with Crippen molar-refractivity contribution >= 4 is 22.6 Å². The van der Waals surface area contributed by atoms with E-state index in [0.717, 1.165) is 46.6 Å². The van der Waals surface area contributed by atoms with E-state index < -0.39 is 0 Å². The van der Waals surface area contributed by atoms with Crippen molar-refractivity contribution in [2.75, 3.05) is 39.3 Å². The van der Waals surface area contributed by atoms with Gasteiger partial charge in [-0.15, -0.1) is 0 Å². The SMILES string of the molecule is CCn1ncc2c(NC3CCOCC3)c(C(=O)NCCc3cc(OC)cc(OC)c3)cnc21. The van der Waals surface area contributed by atoms with Crippen molar-refractivity contribution in [2.45, 2.75) is 38.8 Å². The van der Waals surface area contributed by atoms with Crippen LogP contribution >= 0.6 is 0 Å². The summed E-state index contributed by atoms with van der Waals surface area (Å²) in [7, 11) is 3.24. The molecule has 1 aliphatic heterocycles. The molecule has 3 heterocycles. The average molecular weight is 454 g/mol. The van der Waals surface area contributed by atoms with Gasteiger partial charge in [-0.2, -0.15) is 5.10 Å². The van der Waals surface area contributed by atoms with E-state index in [-0.39, 0.29) is 11.9 Å². The molecule has 1 fully saturated rings. The minimum Gasteiger partial charge on any atom is -0.497 e. The lowest BCUT2D eigenvalue weighted by Crippen LogP contribution is -2.31. The molecule has 1 aliphatic rings. The van der Waals surface area contributed by atoms with E-state index in [1.54, 1.807) is 26.6 Å². The Kier molecular flexibility index (Phi) is 7.29. The molecule has 9 heteroatoms. The van der Waals surface area contributed by atoms with Gasteiger partial charge in [0.2, 0.25) is 0 Å². The molecule has 2 aromatic heterocycles. The van der Waals surface area contributed by atoms with E-state index in [1.165, 1.54) is 0 Å².